The van der Waals surface area contributed by atoms with Crippen molar-refractivity contribution in [3.8, 4) is 5.75 Å². The Morgan fingerprint density at radius 2 is 2.00 bits per heavy atom. The Labute approximate surface area is 116 Å². The molecule has 0 spiro atoms. The molecule has 1 aromatic rings. The highest BCUT2D eigenvalue weighted by Crippen LogP contribution is 2.30. The van der Waals surface area contributed by atoms with Gasteiger partial charge < -0.3 is 20.5 Å². The van der Waals surface area contributed by atoms with Gasteiger partial charge in [0.1, 0.15) is 5.75 Å². The lowest BCUT2D eigenvalue weighted by molar-refractivity contribution is 0.000704. The predicted octanol–water partition coefficient (Wildman–Crippen LogP) is 3.28. The number of para-hydroxylation sites is 1. The monoisotopic (exact) mass is 266 g/mol. The molecule has 4 heteroatoms. The van der Waals surface area contributed by atoms with Crippen LogP contribution < -0.4 is 15.8 Å². The van der Waals surface area contributed by atoms with Gasteiger partial charge in [0.05, 0.1) is 23.1 Å². The summed E-state index contributed by atoms with van der Waals surface area (Å²) in [5.74, 6) is 0.717. The third-order valence-electron chi connectivity index (χ3n) is 2.67. The molecule has 1 aromatic carbocycles. The maximum Gasteiger partial charge on any atom is 0.144 e. The summed E-state index contributed by atoms with van der Waals surface area (Å²) in [5.41, 5.74) is 7.40. The first-order valence-electron chi connectivity index (χ1n) is 6.78. The second-order valence-electron chi connectivity index (χ2n) is 5.43. The van der Waals surface area contributed by atoms with Crippen LogP contribution in [0, 0.1) is 0 Å². The van der Waals surface area contributed by atoms with Crippen molar-refractivity contribution in [1.82, 2.24) is 0 Å². The fraction of sp³-hybridized carbons (Fsp3) is 0.600. The summed E-state index contributed by atoms with van der Waals surface area (Å²) < 4.78 is 11.3. The fourth-order valence-corrected chi connectivity index (χ4v) is 1.80. The van der Waals surface area contributed by atoms with Gasteiger partial charge in [-0.25, -0.2) is 0 Å². The zero-order valence-electron chi connectivity index (χ0n) is 12.6. The van der Waals surface area contributed by atoms with Crippen molar-refractivity contribution in [2.75, 3.05) is 24.2 Å². The molecule has 3 N–H and O–H groups in total. The second kappa shape index (κ2) is 6.66. The van der Waals surface area contributed by atoms with Crippen molar-refractivity contribution in [1.29, 1.82) is 0 Å². The Kier molecular flexibility index (Phi) is 5.48. The van der Waals surface area contributed by atoms with Gasteiger partial charge in [-0.3, -0.25) is 0 Å². The van der Waals surface area contributed by atoms with E-state index in [0.717, 1.165) is 5.69 Å². The quantitative estimate of drug-likeness (QED) is 0.744. The molecular formula is C15H26N2O2. The van der Waals surface area contributed by atoms with Gasteiger partial charge in [0, 0.05) is 13.2 Å². The highest BCUT2D eigenvalue weighted by molar-refractivity contribution is 5.73. The summed E-state index contributed by atoms with van der Waals surface area (Å²) in [6.45, 7) is 11.4. The Morgan fingerprint density at radius 3 is 2.58 bits per heavy atom. The molecule has 0 radical (unpaired) electrons. The summed E-state index contributed by atoms with van der Waals surface area (Å²) in [7, 11) is 0. The molecular weight excluding hydrogens is 240 g/mol. The van der Waals surface area contributed by atoms with Gasteiger partial charge in [-0.2, -0.15) is 0 Å². The Hall–Kier alpha value is -1.42. The summed E-state index contributed by atoms with van der Waals surface area (Å²) in [6.07, 6.45) is 0.109. The van der Waals surface area contributed by atoms with Crippen molar-refractivity contribution in [3.63, 3.8) is 0 Å². The van der Waals surface area contributed by atoms with E-state index in [1.807, 2.05) is 52.8 Å². The summed E-state index contributed by atoms with van der Waals surface area (Å²) in [4.78, 5) is 0. The number of anilines is 2. The first kappa shape index (κ1) is 15.6. The summed E-state index contributed by atoms with van der Waals surface area (Å²) >= 11 is 0. The number of nitrogen functional groups attached to an aromatic ring is 1. The Balaban J connectivity index is 2.74. The molecule has 0 bridgehead atoms. The molecule has 4 nitrogen and oxygen atoms in total. The molecule has 0 heterocycles. The van der Waals surface area contributed by atoms with Crippen LogP contribution in [0.3, 0.4) is 0 Å². The van der Waals surface area contributed by atoms with Crippen LogP contribution in [0.2, 0.25) is 0 Å². The maximum absolute atomic E-state index is 6.11. The average Bonchev–Trinajstić information content (AvgIpc) is 2.29. The highest BCUT2D eigenvalue weighted by atomic mass is 16.5. The Morgan fingerprint density at radius 1 is 1.32 bits per heavy atom. The zero-order chi connectivity index (χ0) is 14.5. The van der Waals surface area contributed by atoms with Crippen LogP contribution in [0.1, 0.15) is 34.6 Å². The minimum atomic E-state index is -0.226. The lowest BCUT2D eigenvalue weighted by Crippen LogP contribution is -2.33. The van der Waals surface area contributed by atoms with Gasteiger partial charge in [-0.05, 0) is 46.8 Å². The minimum Gasteiger partial charge on any atom is -0.489 e. The second-order valence-corrected chi connectivity index (χ2v) is 5.43. The van der Waals surface area contributed by atoms with Crippen LogP contribution >= 0.6 is 0 Å². The Bertz CT molecular complexity index is 403. The maximum atomic E-state index is 6.11. The largest absolute Gasteiger partial charge is 0.489 e. The summed E-state index contributed by atoms with van der Waals surface area (Å²) in [5, 5.41) is 3.32. The van der Waals surface area contributed by atoms with Gasteiger partial charge in [-0.15, -0.1) is 0 Å². The molecule has 19 heavy (non-hydrogen) atoms. The number of rotatable bonds is 7. The molecule has 0 atom stereocenters. The van der Waals surface area contributed by atoms with E-state index < -0.39 is 0 Å². The van der Waals surface area contributed by atoms with Gasteiger partial charge in [0.2, 0.25) is 0 Å². The number of ether oxygens (including phenoxy) is 2. The predicted molar refractivity (Wildman–Crippen MR) is 80.8 cm³/mol. The highest BCUT2D eigenvalue weighted by Gasteiger charge is 2.18. The van der Waals surface area contributed by atoms with Crippen molar-refractivity contribution < 1.29 is 9.47 Å². The van der Waals surface area contributed by atoms with E-state index in [1.54, 1.807) is 0 Å². The third-order valence-corrected chi connectivity index (χ3v) is 2.67. The van der Waals surface area contributed by atoms with Crippen LogP contribution in [0.5, 0.6) is 5.75 Å². The van der Waals surface area contributed by atoms with Crippen molar-refractivity contribution in [2.24, 2.45) is 0 Å². The summed E-state index contributed by atoms with van der Waals surface area (Å²) in [6, 6.07) is 5.77. The fourth-order valence-electron chi connectivity index (χ4n) is 1.80. The lowest BCUT2D eigenvalue weighted by atomic mass is 10.1. The number of nitrogens with one attached hydrogen (secondary N) is 1. The van der Waals surface area contributed by atoms with E-state index in [9.17, 15) is 0 Å². The van der Waals surface area contributed by atoms with Gasteiger partial charge >= 0.3 is 0 Å². The molecule has 0 aliphatic heterocycles. The molecule has 0 amide bonds. The van der Waals surface area contributed by atoms with E-state index in [4.69, 9.17) is 15.2 Å². The smallest absolute Gasteiger partial charge is 0.144 e. The molecule has 108 valence electrons. The van der Waals surface area contributed by atoms with Crippen molar-refractivity contribution >= 4 is 11.4 Å². The van der Waals surface area contributed by atoms with E-state index in [-0.39, 0.29) is 11.7 Å². The number of hydrogen-bond acceptors (Lipinski definition) is 4. The minimum absolute atomic E-state index is 0.109. The molecule has 0 aliphatic rings. The average molecular weight is 266 g/mol. The van der Waals surface area contributed by atoms with E-state index in [2.05, 4.69) is 5.32 Å². The van der Waals surface area contributed by atoms with Crippen LogP contribution in [0.15, 0.2) is 18.2 Å². The van der Waals surface area contributed by atoms with Crippen molar-refractivity contribution in [3.05, 3.63) is 18.2 Å². The van der Waals surface area contributed by atoms with Gasteiger partial charge in [0.25, 0.3) is 0 Å². The zero-order valence-corrected chi connectivity index (χ0v) is 12.6. The molecule has 0 saturated heterocycles. The number of nitrogens with two attached hydrogens (primary N) is 1. The first-order valence-corrected chi connectivity index (χ1v) is 6.78. The van der Waals surface area contributed by atoms with Crippen LogP contribution in [-0.2, 0) is 4.74 Å². The molecule has 0 saturated carbocycles. The molecule has 0 unspecified atom stereocenters. The molecule has 0 fully saturated rings. The lowest BCUT2D eigenvalue weighted by Gasteiger charge is -2.26. The van der Waals surface area contributed by atoms with Gasteiger partial charge in [-0.1, -0.05) is 6.07 Å². The molecule has 0 aliphatic carbocycles. The van der Waals surface area contributed by atoms with Crippen LogP contribution in [0.4, 0.5) is 11.4 Å². The van der Waals surface area contributed by atoms with Gasteiger partial charge in [0.15, 0.2) is 0 Å². The van der Waals surface area contributed by atoms with E-state index >= 15 is 0 Å². The van der Waals surface area contributed by atoms with E-state index in [0.29, 0.717) is 24.6 Å². The van der Waals surface area contributed by atoms with Crippen molar-refractivity contribution in [2.45, 2.75) is 46.3 Å². The first-order chi connectivity index (χ1) is 8.85. The molecule has 0 aromatic heterocycles. The van der Waals surface area contributed by atoms with Crippen LogP contribution in [0.25, 0.3) is 0 Å². The van der Waals surface area contributed by atoms with E-state index in [1.165, 1.54) is 0 Å². The topological polar surface area (TPSA) is 56.5 Å². The van der Waals surface area contributed by atoms with Crippen LogP contribution in [-0.4, -0.2) is 24.9 Å². The SMILES string of the molecule is CCOC(C)(C)CNc1cccc(OC(C)C)c1N. The standard InChI is InChI=1S/C15H26N2O2/c1-6-18-15(4,5)10-17-12-8-7-9-13(14(12)16)19-11(2)3/h7-9,11,17H,6,10,16H2,1-5H3. The third kappa shape index (κ3) is 4.99. The number of benzene rings is 1. The normalized spacial score (nSPS) is 11.7. The molecule has 1 rings (SSSR count). The number of hydrogen-bond donors (Lipinski definition) is 2.